The van der Waals surface area contributed by atoms with Crippen molar-refractivity contribution in [2.45, 2.75) is 0 Å². The van der Waals surface area contributed by atoms with Gasteiger partial charge >= 0.3 is 0 Å². The molecule has 1 aromatic carbocycles. The fourth-order valence-corrected chi connectivity index (χ4v) is 2.30. The molecule has 21 heavy (non-hydrogen) atoms. The van der Waals surface area contributed by atoms with Crippen molar-refractivity contribution in [1.29, 1.82) is 0 Å². The summed E-state index contributed by atoms with van der Waals surface area (Å²) in [5.74, 6) is 0.451. The predicted octanol–water partition coefficient (Wildman–Crippen LogP) is 3.00. The van der Waals surface area contributed by atoms with Crippen LogP contribution in [0.5, 0.6) is 11.5 Å². The molecule has 0 aliphatic heterocycles. The minimum Gasteiger partial charge on any atom is -0.495 e. The monoisotopic (exact) mass is 329 g/mol. The van der Waals surface area contributed by atoms with Crippen LogP contribution >= 0.6 is 23.2 Å². The van der Waals surface area contributed by atoms with Gasteiger partial charge in [-0.25, -0.2) is 0 Å². The third-order valence-electron chi connectivity index (χ3n) is 2.83. The number of carbonyl (C=O) groups excluding carboxylic acids is 1. The Morgan fingerprint density at radius 2 is 1.86 bits per heavy atom. The minimum absolute atomic E-state index is 0.241. The van der Waals surface area contributed by atoms with Crippen molar-refractivity contribution >= 4 is 34.8 Å². The molecule has 1 amide bonds. The van der Waals surface area contributed by atoms with Crippen LogP contribution in [0.3, 0.4) is 0 Å². The van der Waals surface area contributed by atoms with Crippen molar-refractivity contribution in [2.24, 2.45) is 7.05 Å². The summed E-state index contributed by atoms with van der Waals surface area (Å²) in [6.07, 6.45) is 1.40. The summed E-state index contributed by atoms with van der Waals surface area (Å²) < 4.78 is 11.7. The van der Waals surface area contributed by atoms with Gasteiger partial charge in [0.2, 0.25) is 0 Å². The fraction of sp³-hybridized carbons (Fsp3) is 0.231. The van der Waals surface area contributed by atoms with Crippen LogP contribution in [0.15, 0.2) is 18.3 Å². The lowest BCUT2D eigenvalue weighted by Crippen LogP contribution is -2.17. The first-order valence-electron chi connectivity index (χ1n) is 5.88. The molecule has 0 spiro atoms. The van der Waals surface area contributed by atoms with Crippen LogP contribution in [0, 0.1) is 0 Å². The number of hydrogen-bond donors (Lipinski definition) is 1. The van der Waals surface area contributed by atoms with Crippen molar-refractivity contribution in [1.82, 2.24) is 9.78 Å². The second kappa shape index (κ2) is 6.24. The topological polar surface area (TPSA) is 65.4 Å². The highest BCUT2D eigenvalue weighted by Crippen LogP contribution is 2.36. The minimum atomic E-state index is -0.417. The fourth-order valence-electron chi connectivity index (χ4n) is 1.81. The SMILES string of the molecule is COc1cc(OC)c(NC(=O)c2c(Cl)cnn2C)cc1Cl. The smallest absolute Gasteiger partial charge is 0.275 e. The summed E-state index contributed by atoms with van der Waals surface area (Å²) in [4.78, 5) is 12.3. The van der Waals surface area contributed by atoms with Crippen molar-refractivity contribution in [3.63, 3.8) is 0 Å². The largest absolute Gasteiger partial charge is 0.495 e. The van der Waals surface area contributed by atoms with E-state index in [-0.39, 0.29) is 10.7 Å². The maximum absolute atomic E-state index is 12.3. The Balaban J connectivity index is 2.35. The first-order chi connectivity index (χ1) is 9.97. The number of rotatable bonds is 4. The molecule has 0 fully saturated rings. The van der Waals surface area contributed by atoms with Gasteiger partial charge in [-0.05, 0) is 6.07 Å². The van der Waals surface area contributed by atoms with E-state index in [1.807, 2.05) is 0 Å². The van der Waals surface area contributed by atoms with Gasteiger partial charge in [0.05, 0.1) is 36.1 Å². The van der Waals surface area contributed by atoms with Crippen LogP contribution < -0.4 is 14.8 Å². The normalized spacial score (nSPS) is 10.3. The van der Waals surface area contributed by atoms with E-state index in [9.17, 15) is 4.79 Å². The van der Waals surface area contributed by atoms with Crippen LogP contribution in [0.4, 0.5) is 5.69 Å². The molecule has 0 radical (unpaired) electrons. The lowest BCUT2D eigenvalue weighted by Gasteiger charge is -2.13. The Labute approximate surface area is 131 Å². The standard InChI is InChI=1S/C13H13Cl2N3O3/c1-18-12(8(15)6-16-18)13(19)17-9-4-7(14)10(20-2)5-11(9)21-3/h4-6H,1-3H3,(H,17,19). The zero-order chi connectivity index (χ0) is 15.6. The molecule has 1 N–H and O–H groups in total. The molecule has 112 valence electrons. The number of aryl methyl sites for hydroxylation is 1. The molecule has 8 heteroatoms. The molecule has 0 saturated heterocycles. The molecule has 0 bridgehead atoms. The Bertz CT molecular complexity index is 666. The second-order valence-electron chi connectivity index (χ2n) is 4.11. The third kappa shape index (κ3) is 3.06. The molecule has 0 atom stereocenters. The first-order valence-corrected chi connectivity index (χ1v) is 6.64. The van der Waals surface area contributed by atoms with E-state index in [0.717, 1.165) is 0 Å². The first kappa shape index (κ1) is 15.5. The van der Waals surface area contributed by atoms with Gasteiger partial charge in [0.1, 0.15) is 17.2 Å². The number of nitrogens with zero attached hydrogens (tertiary/aromatic N) is 2. The van der Waals surface area contributed by atoms with E-state index in [2.05, 4.69) is 10.4 Å². The summed E-state index contributed by atoms with van der Waals surface area (Å²) in [7, 11) is 4.60. The number of carbonyl (C=O) groups is 1. The molecule has 2 aromatic rings. The molecule has 0 aliphatic rings. The average molecular weight is 330 g/mol. The van der Waals surface area contributed by atoms with Gasteiger partial charge in [0, 0.05) is 13.1 Å². The van der Waals surface area contributed by atoms with Gasteiger partial charge in [-0.1, -0.05) is 23.2 Å². The summed E-state index contributed by atoms with van der Waals surface area (Å²) in [5, 5.41) is 7.21. The van der Waals surface area contributed by atoms with E-state index >= 15 is 0 Å². The Kier molecular flexibility index (Phi) is 4.59. The van der Waals surface area contributed by atoms with Gasteiger partial charge in [-0.3, -0.25) is 9.48 Å². The maximum atomic E-state index is 12.3. The predicted molar refractivity (Wildman–Crippen MR) is 80.7 cm³/mol. The lowest BCUT2D eigenvalue weighted by molar-refractivity contribution is 0.101. The van der Waals surface area contributed by atoms with E-state index in [1.54, 1.807) is 19.2 Å². The summed E-state index contributed by atoms with van der Waals surface area (Å²) in [6.45, 7) is 0. The summed E-state index contributed by atoms with van der Waals surface area (Å²) in [5.41, 5.74) is 0.649. The summed E-state index contributed by atoms with van der Waals surface area (Å²) >= 11 is 12.0. The number of anilines is 1. The van der Waals surface area contributed by atoms with Gasteiger partial charge in [-0.15, -0.1) is 0 Å². The van der Waals surface area contributed by atoms with Crippen LogP contribution in [0.2, 0.25) is 10.0 Å². The van der Waals surface area contributed by atoms with E-state index < -0.39 is 5.91 Å². The molecule has 6 nitrogen and oxygen atoms in total. The van der Waals surface area contributed by atoms with E-state index in [1.165, 1.54) is 25.1 Å². The highest BCUT2D eigenvalue weighted by Gasteiger charge is 2.18. The summed E-state index contributed by atoms with van der Waals surface area (Å²) in [6, 6.07) is 3.13. The number of halogens is 2. The molecule has 0 aliphatic carbocycles. The Morgan fingerprint density at radius 3 is 2.38 bits per heavy atom. The molecular formula is C13H13Cl2N3O3. The Hall–Kier alpha value is -1.92. The quantitative estimate of drug-likeness (QED) is 0.936. The number of amides is 1. The molecule has 0 unspecified atom stereocenters. The highest BCUT2D eigenvalue weighted by atomic mass is 35.5. The highest BCUT2D eigenvalue weighted by molar-refractivity contribution is 6.34. The van der Waals surface area contributed by atoms with Crippen LogP contribution in [-0.4, -0.2) is 29.9 Å². The van der Waals surface area contributed by atoms with Crippen molar-refractivity contribution in [2.75, 3.05) is 19.5 Å². The number of methoxy groups -OCH3 is 2. The van der Waals surface area contributed by atoms with E-state index in [4.69, 9.17) is 32.7 Å². The molecule has 0 saturated carbocycles. The molecule has 1 aromatic heterocycles. The third-order valence-corrected chi connectivity index (χ3v) is 3.40. The van der Waals surface area contributed by atoms with Crippen molar-refractivity contribution in [3.8, 4) is 11.5 Å². The molecule has 1 heterocycles. The van der Waals surface area contributed by atoms with Gasteiger partial charge < -0.3 is 14.8 Å². The van der Waals surface area contributed by atoms with Crippen LogP contribution in [-0.2, 0) is 7.05 Å². The Morgan fingerprint density at radius 1 is 1.19 bits per heavy atom. The number of nitrogens with one attached hydrogen (secondary N) is 1. The van der Waals surface area contributed by atoms with Gasteiger partial charge in [-0.2, -0.15) is 5.10 Å². The van der Waals surface area contributed by atoms with Gasteiger partial charge in [0.15, 0.2) is 0 Å². The number of benzene rings is 1. The zero-order valence-electron chi connectivity index (χ0n) is 11.6. The number of hydrogen-bond acceptors (Lipinski definition) is 4. The van der Waals surface area contributed by atoms with Gasteiger partial charge in [0.25, 0.3) is 5.91 Å². The number of aromatic nitrogens is 2. The van der Waals surface area contributed by atoms with Crippen LogP contribution in [0.25, 0.3) is 0 Å². The zero-order valence-corrected chi connectivity index (χ0v) is 13.1. The lowest BCUT2D eigenvalue weighted by atomic mass is 10.2. The second-order valence-corrected chi connectivity index (χ2v) is 4.92. The van der Waals surface area contributed by atoms with Crippen LogP contribution in [0.1, 0.15) is 10.5 Å². The van der Waals surface area contributed by atoms with Crippen molar-refractivity contribution < 1.29 is 14.3 Å². The maximum Gasteiger partial charge on any atom is 0.275 e. The average Bonchev–Trinajstić information content (AvgIpc) is 2.78. The molecule has 2 rings (SSSR count). The number of ether oxygens (including phenoxy) is 2. The molecular weight excluding hydrogens is 317 g/mol. The van der Waals surface area contributed by atoms with E-state index in [0.29, 0.717) is 22.2 Å². The van der Waals surface area contributed by atoms with Crippen molar-refractivity contribution in [3.05, 3.63) is 34.1 Å².